The van der Waals surface area contributed by atoms with Gasteiger partial charge in [-0.2, -0.15) is 0 Å². The molecule has 1 aliphatic rings. The van der Waals surface area contributed by atoms with Crippen LogP contribution in [0.1, 0.15) is 37.4 Å². The molecule has 0 bridgehead atoms. The van der Waals surface area contributed by atoms with Gasteiger partial charge in [-0.25, -0.2) is 0 Å². The third-order valence-corrected chi connectivity index (χ3v) is 3.61. The van der Waals surface area contributed by atoms with Crippen LogP contribution in [0, 0.1) is 5.92 Å². The molecule has 1 atom stereocenters. The molecule has 0 amide bonds. The largest absolute Gasteiger partial charge is 0.325 e. The number of hydrogen-bond acceptors (Lipinski definition) is 3. The van der Waals surface area contributed by atoms with Crippen molar-refractivity contribution in [3.63, 3.8) is 0 Å². The monoisotopic (exact) mass is 233 g/mol. The highest BCUT2D eigenvalue weighted by Gasteiger charge is 2.13. The first-order valence-corrected chi connectivity index (χ1v) is 6.64. The van der Waals surface area contributed by atoms with Gasteiger partial charge in [-0.1, -0.05) is 6.92 Å². The quantitative estimate of drug-likeness (QED) is 0.870. The third-order valence-electron chi connectivity index (χ3n) is 3.61. The molecule has 94 valence electrons. The highest BCUT2D eigenvalue weighted by Crippen LogP contribution is 2.18. The maximum absolute atomic E-state index is 5.62. The van der Waals surface area contributed by atoms with E-state index in [0.717, 1.165) is 18.2 Å². The number of aromatic nitrogens is 1. The molecule has 2 heterocycles. The summed E-state index contributed by atoms with van der Waals surface area (Å²) in [6, 6.07) is 4.24. The molecule has 1 aliphatic heterocycles. The lowest BCUT2D eigenvalue weighted by Crippen LogP contribution is -2.24. The maximum Gasteiger partial charge on any atom is 0.0542 e. The van der Waals surface area contributed by atoms with Crippen LogP contribution in [0.3, 0.4) is 0 Å². The fourth-order valence-corrected chi connectivity index (χ4v) is 2.48. The number of nitrogens with zero attached hydrogens (tertiary/aromatic N) is 2. The van der Waals surface area contributed by atoms with Gasteiger partial charge in [0.15, 0.2) is 0 Å². The highest BCUT2D eigenvalue weighted by molar-refractivity contribution is 5.16. The molecule has 1 saturated heterocycles. The van der Waals surface area contributed by atoms with Crippen molar-refractivity contribution in [3.05, 3.63) is 29.6 Å². The number of likely N-dealkylation sites (tertiary alicyclic amines) is 1. The summed E-state index contributed by atoms with van der Waals surface area (Å²) in [6.07, 6.45) is 5.91. The topological polar surface area (TPSA) is 42.2 Å². The molecule has 0 aliphatic carbocycles. The second-order valence-corrected chi connectivity index (χ2v) is 5.17. The fraction of sp³-hybridized carbons (Fsp3) is 0.643. The molecule has 2 N–H and O–H groups in total. The van der Waals surface area contributed by atoms with Crippen LogP contribution in [-0.2, 0) is 13.1 Å². The predicted molar refractivity (Wildman–Crippen MR) is 70.4 cm³/mol. The first kappa shape index (κ1) is 12.5. The zero-order chi connectivity index (χ0) is 12.1. The standard InChI is InChI=1S/C14H23N3/c1-12-3-2-7-17(8-5-12)11-13-4-6-16-14(9-13)10-15/h4,6,9,12H,2-3,5,7-8,10-11,15H2,1H3. The van der Waals surface area contributed by atoms with Crippen molar-refractivity contribution < 1.29 is 0 Å². The van der Waals surface area contributed by atoms with Crippen LogP contribution in [0.2, 0.25) is 0 Å². The van der Waals surface area contributed by atoms with Crippen LogP contribution in [0.25, 0.3) is 0 Å². The van der Waals surface area contributed by atoms with Gasteiger partial charge in [-0.3, -0.25) is 9.88 Å². The second kappa shape index (κ2) is 6.12. The summed E-state index contributed by atoms with van der Waals surface area (Å²) in [5.41, 5.74) is 7.95. The number of rotatable bonds is 3. The Kier molecular flexibility index (Phi) is 4.51. The van der Waals surface area contributed by atoms with E-state index in [9.17, 15) is 0 Å². The highest BCUT2D eigenvalue weighted by atomic mass is 15.1. The van der Waals surface area contributed by atoms with Crippen LogP contribution in [0.5, 0.6) is 0 Å². The maximum atomic E-state index is 5.62. The van der Waals surface area contributed by atoms with Crippen LogP contribution in [0.4, 0.5) is 0 Å². The molecule has 3 heteroatoms. The fourth-order valence-electron chi connectivity index (χ4n) is 2.48. The lowest BCUT2D eigenvalue weighted by molar-refractivity contribution is 0.273. The molecule has 1 fully saturated rings. The van der Waals surface area contributed by atoms with Crippen molar-refractivity contribution in [3.8, 4) is 0 Å². The molecular formula is C14H23N3. The molecular weight excluding hydrogens is 210 g/mol. The van der Waals surface area contributed by atoms with Gasteiger partial charge in [0, 0.05) is 19.3 Å². The summed E-state index contributed by atoms with van der Waals surface area (Å²) in [5, 5.41) is 0. The smallest absolute Gasteiger partial charge is 0.0542 e. The molecule has 0 saturated carbocycles. The van der Waals surface area contributed by atoms with Crippen molar-refractivity contribution >= 4 is 0 Å². The molecule has 17 heavy (non-hydrogen) atoms. The Morgan fingerprint density at radius 3 is 3.12 bits per heavy atom. The summed E-state index contributed by atoms with van der Waals surface area (Å²) < 4.78 is 0. The zero-order valence-corrected chi connectivity index (χ0v) is 10.7. The molecule has 1 aromatic rings. The lowest BCUT2D eigenvalue weighted by Gasteiger charge is -2.20. The van der Waals surface area contributed by atoms with E-state index in [4.69, 9.17) is 5.73 Å². The lowest BCUT2D eigenvalue weighted by atomic mass is 10.0. The number of pyridine rings is 1. The average Bonchev–Trinajstić information content (AvgIpc) is 2.55. The molecule has 1 aromatic heterocycles. The van der Waals surface area contributed by atoms with Crippen LogP contribution in [-0.4, -0.2) is 23.0 Å². The molecule has 3 nitrogen and oxygen atoms in total. The average molecular weight is 233 g/mol. The Hall–Kier alpha value is -0.930. The summed E-state index contributed by atoms with van der Waals surface area (Å²) in [6.45, 7) is 6.39. The summed E-state index contributed by atoms with van der Waals surface area (Å²) in [7, 11) is 0. The Morgan fingerprint density at radius 1 is 1.41 bits per heavy atom. The third kappa shape index (κ3) is 3.79. The number of nitrogens with two attached hydrogens (primary N) is 1. The molecule has 2 rings (SSSR count). The van der Waals surface area contributed by atoms with E-state index >= 15 is 0 Å². The van der Waals surface area contributed by atoms with Crippen molar-refractivity contribution in [1.29, 1.82) is 0 Å². The van der Waals surface area contributed by atoms with Gasteiger partial charge in [0.25, 0.3) is 0 Å². The summed E-state index contributed by atoms with van der Waals surface area (Å²) in [5.74, 6) is 0.886. The molecule has 0 spiro atoms. The van der Waals surface area contributed by atoms with E-state index in [2.05, 4.69) is 28.9 Å². The summed E-state index contributed by atoms with van der Waals surface area (Å²) in [4.78, 5) is 6.79. The Balaban J connectivity index is 1.94. The van der Waals surface area contributed by atoms with Gasteiger partial charge < -0.3 is 5.73 Å². The minimum Gasteiger partial charge on any atom is -0.325 e. The van der Waals surface area contributed by atoms with Gasteiger partial charge in [0.05, 0.1) is 5.69 Å². The molecule has 1 unspecified atom stereocenters. The Morgan fingerprint density at radius 2 is 2.29 bits per heavy atom. The van der Waals surface area contributed by atoms with Gasteiger partial charge in [0.2, 0.25) is 0 Å². The van der Waals surface area contributed by atoms with E-state index < -0.39 is 0 Å². The molecule has 0 aromatic carbocycles. The van der Waals surface area contributed by atoms with Crippen molar-refractivity contribution in [2.75, 3.05) is 13.1 Å². The van der Waals surface area contributed by atoms with Gasteiger partial charge in [-0.05, 0) is 56.0 Å². The number of hydrogen-bond donors (Lipinski definition) is 1. The predicted octanol–water partition coefficient (Wildman–Crippen LogP) is 2.16. The normalized spacial score (nSPS) is 22.4. The van der Waals surface area contributed by atoms with E-state index in [-0.39, 0.29) is 0 Å². The van der Waals surface area contributed by atoms with Gasteiger partial charge in [0.1, 0.15) is 0 Å². The van der Waals surface area contributed by atoms with Gasteiger partial charge >= 0.3 is 0 Å². The van der Waals surface area contributed by atoms with Crippen molar-refractivity contribution in [1.82, 2.24) is 9.88 Å². The SMILES string of the molecule is CC1CCCN(Cc2ccnc(CN)c2)CC1. The van der Waals surface area contributed by atoms with Crippen LogP contribution in [0.15, 0.2) is 18.3 Å². The van der Waals surface area contributed by atoms with E-state index in [0.29, 0.717) is 6.54 Å². The first-order valence-electron chi connectivity index (χ1n) is 6.64. The van der Waals surface area contributed by atoms with E-state index in [1.54, 1.807) is 0 Å². The minimum absolute atomic E-state index is 0.533. The van der Waals surface area contributed by atoms with Gasteiger partial charge in [-0.15, -0.1) is 0 Å². The van der Waals surface area contributed by atoms with Crippen molar-refractivity contribution in [2.24, 2.45) is 11.7 Å². The van der Waals surface area contributed by atoms with Crippen LogP contribution >= 0.6 is 0 Å². The Labute approximate surface area is 104 Å². The minimum atomic E-state index is 0.533. The second-order valence-electron chi connectivity index (χ2n) is 5.17. The van der Waals surface area contributed by atoms with Crippen LogP contribution < -0.4 is 5.73 Å². The zero-order valence-electron chi connectivity index (χ0n) is 10.7. The molecule has 0 radical (unpaired) electrons. The first-order chi connectivity index (χ1) is 8.28. The summed E-state index contributed by atoms with van der Waals surface area (Å²) >= 11 is 0. The van der Waals surface area contributed by atoms with Crippen molar-refractivity contribution in [2.45, 2.75) is 39.3 Å². The Bertz CT molecular complexity index is 351. The van der Waals surface area contributed by atoms with E-state index in [1.165, 1.54) is 37.9 Å². The van der Waals surface area contributed by atoms with E-state index in [1.807, 2.05) is 6.20 Å².